The minimum atomic E-state index is 0. The van der Waals surface area contributed by atoms with Gasteiger partial charge in [0.05, 0.1) is 7.11 Å². The molecule has 1 N–H and O–H groups in total. The predicted molar refractivity (Wildman–Crippen MR) is 61.6 cm³/mol. The summed E-state index contributed by atoms with van der Waals surface area (Å²) in [4.78, 5) is 0. The summed E-state index contributed by atoms with van der Waals surface area (Å²) in [6.07, 6.45) is 2.31. The highest BCUT2D eigenvalue weighted by atomic mass is 35.5. The van der Waals surface area contributed by atoms with Crippen LogP contribution in [0.4, 0.5) is 5.69 Å². The third-order valence-corrected chi connectivity index (χ3v) is 2.58. The smallest absolute Gasteiger partial charge is 0.124 e. The summed E-state index contributed by atoms with van der Waals surface area (Å²) in [6.45, 7) is 2.21. The number of rotatable bonds is 1. The molecule has 3 heteroatoms. The van der Waals surface area contributed by atoms with E-state index in [1.165, 1.54) is 17.7 Å². The summed E-state index contributed by atoms with van der Waals surface area (Å²) in [5, 5.41) is 3.45. The Bertz CT molecular complexity index is 314. The van der Waals surface area contributed by atoms with Crippen molar-refractivity contribution < 1.29 is 4.74 Å². The van der Waals surface area contributed by atoms with Crippen molar-refractivity contribution in [2.75, 3.05) is 12.4 Å². The Balaban J connectivity index is 0.000000980. The van der Waals surface area contributed by atoms with Crippen molar-refractivity contribution in [1.29, 1.82) is 0 Å². The molecule has 1 aliphatic rings. The highest BCUT2D eigenvalue weighted by molar-refractivity contribution is 5.85. The summed E-state index contributed by atoms with van der Waals surface area (Å²) in [7, 11) is 1.73. The lowest BCUT2D eigenvalue weighted by Crippen LogP contribution is -2.22. The van der Waals surface area contributed by atoms with Gasteiger partial charge in [-0.1, -0.05) is 6.07 Å². The van der Waals surface area contributed by atoms with Crippen LogP contribution in [0.3, 0.4) is 0 Å². The number of fused-ring (bicyclic) bond motifs is 1. The van der Waals surface area contributed by atoms with Gasteiger partial charge in [-0.15, -0.1) is 12.4 Å². The monoisotopic (exact) mass is 213 g/mol. The molecule has 0 saturated heterocycles. The van der Waals surface area contributed by atoms with Crippen molar-refractivity contribution in [1.82, 2.24) is 0 Å². The first-order valence-electron chi connectivity index (χ1n) is 4.73. The van der Waals surface area contributed by atoms with E-state index in [-0.39, 0.29) is 12.4 Å². The molecule has 1 heterocycles. The fourth-order valence-corrected chi connectivity index (χ4v) is 1.85. The number of hydrogen-bond acceptors (Lipinski definition) is 2. The number of benzene rings is 1. The van der Waals surface area contributed by atoms with Gasteiger partial charge in [0.15, 0.2) is 0 Å². The van der Waals surface area contributed by atoms with E-state index in [9.17, 15) is 0 Å². The first-order chi connectivity index (χ1) is 6.31. The van der Waals surface area contributed by atoms with Gasteiger partial charge in [0.2, 0.25) is 0 Å². The lowest BCUT2D eigenvalue weighted by Gasteiger charge is -2.25. The zero-order valence-electron chi connectivity index (χ0n) is 8.54. The standard InChI is InChI=1S/C11H15NO.ClH/c1-8-6-7-9-10(12-8)4-3-5-11(9)13-2;/h3-5,8,12H,6-7H2,1-2H3;1H/t8-;/m0./s1. The van der Waals surface area contributed by atoms with Crippen molar-refractivity contribution in [3.05, 3.63) is 23.8 Å². The van der Waals surface area contributed by atoms with Gasteiger partial charge >= 0.3 is 0 Å². The highest BCUT2D eigenvalue weighted by Gasteiger charge is 2.16. The van der Waals surface area contributed by atoms with Crippen molar-refractivity contribution in [3.63, 3.8) is 0 Å². The van der Waals surface area contributed by atoms with Crippen LogP contribution in [0.1, 0.15) is 18.9 Å². The van der Waals surface area contributed by atoms with Crippen LogP contribution in [-0.2, 0) is 6.42 Å². The summed E-state index contributed by atoms with van der Waals surface area (Å²) in [6, 6.07) is 6.76. The molecule has 0 spiro atoms. The van der Waals surface area contributed by atoms with Crippen LogP contribution >= 0.6 is 12.4 Å². The molecule has 0 fully saturated rings. The third kappa shape index (κ3) is 1.95. The molecule has 0 saturated carbocycles. The van der Waals surface area contributed by atoms with Crippen LogP contribution in [0.2, 0.25) is 0 Å². The van der Waals surface area contributed by atoms with Crippen molar-refractivity contribution in [3.8, 4) is 5.75 Å². The van der Waals surface area contributed by atoms with Gasteiger partial charge in [-0.25, -0.2) is 0 Å². The van der Waals surface area contributed by atoms with Crippen molar-refractivity contribution in [2.24, 2.45) is 0 Å². The maximum atomic E-state index is 5.31. The molecule has 0 bridgehead atoms. The largest absolute Gasteiger partial charge is 0.496 e. The number of methoxy groups -OCH3 is 1. The molecular formula is C11H16ClNO. The topological polar surface area (TPSA) is 21.3 Å². The van der Waals surface area contributed by atoms with Crippen molar-refractivity contribution in [2.45, 2.75) is 25.8 Å². The fourth-order valence-electron chi connectivity index (χ4n) is 1.85. The first-order valence-corrected chi connectivity index (χ1v) is 4.73. The van der Waals surface area contributed by atoms with E-state index in [2.05, 4.69) is 18.3 Å². The number of anilines is 1. The molecule has 1 aliphatic heterocycles. The summed E-state index contributed by atoms with van der Waals surface area (Å²) < 4.78 is 5.31. The molecule has 1 aromatic carbocycles. The predicted octanol–water partition coefficient (Wildman–Crippen LogP) is 2.86. The number of nitrogens with one attached hydrogen (secondary N) is 1. The summed E-state index contributed by atoms with van der Waals surface area (Å²) in [5.74, 6) is 1.01. The minimum absolute atomic E-state index is 0. The summed E-state index contributed by atoms with van der Waals surface area (Å²) in [5.41, 5.74) is 2.56. The van der Waals surface area contributed by atoms with Gasteiger partial charge in [-0.3, -0.25) is 0 Å². The highest BCUT2D eigenvalue weighted by Crippen LogP contribution is 2.31. The Hall–Kier alpha value is -0.890. The van der Waals surface area contributed by atoms with Gasteiger partial charge in [0.1, 0.15) is 5.75 Å². The Morgan fingerprint density at radius 3 is 2.93 bits per heavy atom. The maximum Gasteiger partial charge on any atom is 0.124 e. The zero-order valence-corrected chi connectivity index (χ0v) is 9.36. The zero-order chi connectivity index (χ0) is 9.26. The van der Waals surface area contributed by atoms with Crippen LogP contribution in [0.25, 0.3) is 0 Å². The first kappa shape index (κ1) is 11.2. The van der Waals surface area contributed by atoms with E-state index in [0.29, 0.717) is 6.04 Å². The van der Waals surface area contributed by atoms with Gasteiger partial charge in [0.25, 0.3) is 0 Å². The lowest BCUT2D eigenvalue weighted by molar-refractivity contribution is 0.408. The second-order valence-electron chi connectivity index (χ2n) is 3.57. The molecule has 0 amide bonds. The summed E-state index contributed by atoms with van der Waals surface area (Å²) >= 11 is 0. The number of halogens is 1. The van der Waals surface area contributed by atoms with Crippen LogP contribution in [0, 0.1) is 0 Å². The molecule has 14 heavy (non-hydrogen) atoms. The minimum Gasteiger partial charge on any atom is -0.496 e. The van der Waals surface area contributed by atoms with Crippen LogP contribution in [-0.4, -0.2) is 13.2 Å². The Kier molecular flexibility index (Phi) is 3.64. The maximum absolute atomic E-state index is 5.31. The van der Waals surface area contributed by atoms with E-state index in [4.69, 9.17) is 4.74 Å². The second-order valence-corrected chi connectivity index (χ2v) is 3.57. The van der Waals surface area contributed by atoms with E-state index in [1.807, 2.05) is 12.1 Å². The Morgan fingerprint density at radius 2 is 2.21 bits per heavy atom. The molecule has 0 radical (unpaired) electrons. The van der Waals surface area contributed by atoms with Gasteiger partial charge < -0.3 is 10.1 Å². The third-order valence-electron chi connectivity index (χ3n) is 2.58. The SMILES string of the molecule is COc1cccc2c1CC[C@H](C)N2.Cl. The molecule has 0 aromatic heterocycles. The molecule has 78 valence electrons. The number of ether oxygens (including phenoxy) is 1. The van der Waals surface area contributed by atoms with Gasteiger partial charge in [-0.2, -0.15) is 0 Å². The van der Waals surface area contributed by atoms with Gasteiger partial charge in [0, 0.05) is 17.3 Å². The van der Waals surface area contributed by atoms with E-state index in [1.54, 1.807) is 7.11 Å². The van der Waals surface area contributed by atoms with E-state index < -0.39 is 0 Å². The van der Waals surface area contributed by atoms with E-state index in [0.717, 1.165) is 12.2 Å². The second kappa shape index (κ2) is 4.56. The molecular weight excluding hydrogens is 198 g/mol. The molecule has 1 atom stereocenters. The lowest BCUT2D eigenvalue weighted by atomic mass is 9.98. The average Bonchev–Trinajstić information content (AvgIpc) is 2.16. The molecule has 0 unspecified atom stereocenters. The Morgan fingerprint density at radius 1 is 1.43 bits per heavy atom. The normalized spacial score (nSPS) is 18.9. The van der Waals surface area contributed by atoms with Crippen molar-refractivity contribution >= 4 is 18.1 Å². The molecule has 2 nitrogen and oxygen atoms in total. The number of hydrogen-bond donors (Lipinski definition) is 1. The van der Waals surface area contributed by atoms with E-state index >= 15 is 0 Å². The van der Waals surface area contributed by atoms with Crippen LogP contribution in [0.15, 0.2) is 18.2 Å². The molecule has 2 rings (SSSR count). The van der Waals surface area contributed by atoms with Gasteiger partial charge in [-0.05, 0) is 31.9 Å². The fraction of sp³-hybridized carbons (Fsp3) is 0.455. The Labute approximate surface area is 91.1 Å². The molecule has 0 aliphatic carbocycles. The average molecular weight is 214 g/mol. The van der Waals surface area contributed by atoms with Crippen LogP contribution < -0.4 is 10.1 Å². The van der Waals surface area contributed by atoms with Crippen LogP contribution in [0.5, 0.6) is 5.75 Å². The molecule has 1 aromatic rings. The quantitative estimate of drug-likeness (QED) is 0.775.